The molecule has 4 nitrogen and oxygen atoms in total. The van der Waals surface area contributed by atoms with Crippen molar-refractivity contribution in [1.82, 2.24) is 4.98 Å². The lowest BCUT2D eigenvalue weighted by Gasteiger charge is -2.24. The first-order valence-corrected chi connectivity index (χ1v) is 5.38. The van der Waals surface area contributed by atoms with Gasteiger partial charge in [-0.05, 0) is 25.0 Å². The minimum Gasteiger partial charge on any atom is -0.382 e. The lowest BCUT2D eigenvalue weighted by atomic mass is 10.1. The summed E-state index contributed by atoms with van der Waals surface area (Å²) in [5, 5.41) is 3.48. The van der Waals surface area contributed by atoms with Crippen LogP contribution in [0.5, 0.6) is 0 Å². The number of aromatic nitrogens is 1. The van der Waals surface area contributed by atoms with Crippen LogP contribution in [0.4, 0.5) is 5.69 Å². The van der Waals surface area contributed by atoms with Gasteiger partial charge in [-0.25, -0.2) is 0 Å². The number of pyridine rings is 1. The molecule has 0 atom stereocenters. The van der Waals surface area contributed by atoms with Crippen molar-refractivity contribution in [3.8, 4) is 0 Å². The SMILES string of the molecule is NCc1cc(NC2CCOCC2)ccn1. The van der Waals surface area contributed by atoms with Crippen LogP contribution < -0.4 is 11.1 Å². The van der Waals surface area contributed by atoms with Crippen LogP contribution in [0.1, 0.15) is 18.5 Å². The number of hydrogen-bond donors (Lipinski definition) is 2. The van der Waals surface area contributed by atoms with Gasteiger partial charge < -0.3 is 15.8 Å². The molecule has 0 aromatic carbocycles. The van der Waals surface area contributed by atoms with E-state index in [1.807, 2.05) is 12.1 Å². The highest BCUT2D eigenvalue weighted by molar-refractivity contribution is 5.44. The van der Waals surface area contributed by atoms with Gasteiger partial charge in [-0.2, -0.15) is 0 Å². The Balaban J connectivity index is 1.96. The molecule has 1 aliphatic heterocycles. The zero-order valence-electron chi connectivity index (χ0n) is 8.78. The third kappa shape index (κ3) is 2.91. The number of ether oxygens (including phenoxy) is 1. The third-order valence-corrected chi connectivity index (χ3v) is 2.62. The van der Waals surface area contributed by atoms with E-state index in [0.29, 0.717) is 12.6 Å². The number of nitrogens with zero attached hydrogens (tertiary/aromatic N) is 1. The zero-order chi connectivity index (χ0) is 10.5. The molecule has 0 radical (unpaired) electrons. The molecule has 1 aliphatic rings. The fraction of sp³-hybridized carbons (Fsp3) is 0.545. The molecule has 0 saturated carbocycles. The minimum atomic E-state index is 0.489. The second-order valence-corrected chi connectivity index (χ2v) is 3.77. The number of nitrogens with one attached hydrogen (secondary N) is 1. The lowest BCUT2D eigenvalue weighted by Crippen LogP contribution is -2.27. The summed E-state index contributed by atoms with van der Waals surface area (Å²) in [4.78, 5) is 4.16. The van der Waals surface area contributed by atoms with Gasteiger partial charge in [0.15, 0.2) is 0 Å². The fourth-order valence-corrected chi connectivity index (χ4v) is 1.76. The molecule has 1 fully saturated rings. The van der Waals surface area contributed by atoms with Crippen LogP contribution in [0, 0.1) is 0 Å². The quantitative estimate of drug-likeness (QED) is 0.780. The van der Waals surface area contributed by atoms with Crippen LogP contribution in [-0.2, 0) is 11.3 Å². The molecule has 2 rings (SSSR count). The molecule has 0 bridgehead atoms. The first-order valence-electron chi connectivity index (χ1n) is 5.38. The van der Waals surface area contributed by atoms with Gasteiger partial charge >= 0.3 is 0 Å². The predicted molar refractivity (Wildman–Crippen MR) is 59.6 cm³/mol. The molecule has 15 heavy (non-hydrogen) atoms. The van der Waals surface area contributed by atoms with Gasteiger partial charge in [-0.15, -0.1) is 0 Å². The second-order valence-electron chi connectivity index (χ2n) is 3.77. The van der Waals surface area contributed by atoms with Crippen molar-refractivity contribution in [2.45, 2.75) is 25.4 Å². The maximum Gasteiger partial charge on any atom is 0.0559 e. The van der Waals surface area contributed by atoms with Crippen molar-refractivity contribution in [3.63, 3.8) is 0 Å². The highest BCUT2D eigenvalue weighted by Crippen LogP contribution is 2.15. The Morgan fingerprint density at radius 1 is 1.47 bits per heavy atom. The third-order valence-electron chi connectivity index (χ3n) is 2.62. The van der Waals surface area contributed by atoms with Gasteiger partial charge in [0.1, 0.15) is 0 Å². The van der Waals surface area contributed by atoms with E-state index in [9.17, 15) is 0 Å². The van der Waals surface area contributed by atoms with Gasteiger partial charge in [0.25, 0.3) is 0 Å². The number of anilines is 1. The van der Waals surface area contributed by atoms with Gasteiger partial charge in [-0.1, -0.05) is 0 Å². The Kier molecular flexibility index (Phi) is 3.53. The summed E-state index contributed by atoms with van der Waals surface area (Å²) in [6, 6.07) is 4.51. The number of nitrogens with two attached hydrogens (primary N) is 1. The topological polar surface area (TPSA) is 60.2 Å². The van der Waals surface area contributed by atoms with Crippen LogP contribution in [-0.4, -0.2) is 24.2 Å². The molecule has 3 N–H and O–H groups in total. The minimum absolute atomic E-state index is 0.489. The zero-order valence-corrected chi connectivity index (χ0v) is 8.78. The van der Waals surface area contributed by atoms with Crippen molar-refractivity contribution in [1.29, 1.82) is 0 Å². The van der Waals surface area contributed by atoms with Crippen molar-refractivity contribution in [2.75, 3.05) is 18.5 Å². The van der Waals surface area contributed by atoms with Crippen LogP contribution >= 0.6 is 0 Å². The summed E-state index contributed by atoms with van der Waals surface area (Å²) in [6.45, 7) is 2.20. The molecule has 0 amide bonds. The molecule has 1 aromatic rings. The van der Waals surface area contributed by atoms with Gasteiger partial charge in [-0.3, -0.25) is 4.98 Å². The van der Waals surface area contributed by atoms with Crippen LogP contribution in [0.2, 0.25) is 0 Å². The predicted octanol–water partition coefficient (Wildman–Crippen LogP) is 1.13. The maximum absolute atomic E-state index is 5.54. The summed E-state index contributed by atoms with van der Waals surface area (Å²) in [5.74, 6) is 0. The molecular formula is C11H17N3O. The van der Waals surface area contributed by atoms with E-state index in [1.165, 1.54) is 0 Å². The smallest absolute Gasteiger partial charge is 0.0559 e. The van der Waals surface area contributed by atoms with Crippen molar-refractivity contribution in [3.05, 3.63) is 24.0 Å². The monoisotopic (exact) mass is 207 g/mol. The van der Waals surface area contributed by atoms with Gasteiger partial charge in [0.05, 0.1) is 5.69 Å². The average Bonchev–Trinajstić information content (AvgIpc) is 2.31. The van der Waals surface area contributed by atoms with Crippen LogP contribution in [0.3, 0.4) is 0 Å². The summed E-state index contributed by atoms with van der Waals surface area (Å²) < 4.78 is 5.31. The van der Waals surface area contributed by atoms with E-state index < -0.39 is 0 Å². The Labute approximate surface area is 89.8 Å². The van der Waals surface area contributed by atoms with E-state index in [4.69, 9.17) is 10.5 Å². The summed E-state index contributed by atoms with van der Waals surface area (Å²) in [6.07, 6.45) is 3.93. The Bertz CT molecular complexity index is 310. The summed E-state index contributed by atoms with van der Waals surface area (Å²) >= 11 is 0. The van der Waals surface area contributed by atoms with E-state index in [1.54, 1.807) is 6.20 Å². The Morgan fingerprint density at radius 3 is 3.00 bits per heavy atom. The second kappa shape index (κ2) is 5.09. The van der Waals surface area contributed by atoms with Gasteiger partial charge in [0, 0.05) is 37.7 Å². The largest absolute Gasteiger partial charge is 0.382 e. The maximum atomic E-state index is 5.54. The molecule has 2 heterocycles. The van der Waals surface area contributed by atoms with Crippen LogP contribution in [0.25, 0.3) is 0 Å². The van der Waals surface area contributed by atoms with E-state index >= 15 is 0 Å². The normalized spacial score (nSPS) is 17.7. The molecule has 1 saturated heterocycles. The summed E-state index contributed by atoms with van der Waals surface area (Å²) in [7, 11) is 0. The molecule has 0 spiro atoms. The van der Waals surface area contributed by atoms with Gasteiger partial charge in [0.2, 0.25) is 0 Å². The molecule has 0 unspecified atom stereocenters. The molecule has 1 aromatic heterocycles. The summed E-state index contributed by atoms with van der Waals surface area (Å²) in [5.41, 5.74) is 7.57. The first kappa shape index (κ1) is 10.4. The fourth-order valence-electron chi connectivity index (χ4n) is 1.76. The highest BCUT2D eigenvalue weighted by Gasteiger charge is 2.13. The average molecular weight is 207 g/mol. The van der Waals surface area contributed by atoms with E-state index in [0.717, 1.165) is 37.4 Å². The standard InChI is InChI=1S/C11H17N3O/c12-8-11-7-10(1-4-13-11)14-9-2-5-15-6-3-9/h1,4,7,9H,2-3,5-6,8,12H2,(H,13,14). The molecular weight excluding hydrogens is 190 g/mol. The van der Waals surface area contributed by atoms with Crippen LogP contribution in [0.15, 0.2) is 18.3 Å². The van der Waals surface area contributed by atoms with E-state index in [2.05, 4.69) is 10.3 Å². The number of hydrogen-bond acceptors (Lipinski definition) is 4. The molecule has 0 aliphatic carbocycles. The first-order chi connectivity index (χ1) is 7.38. The Morgan fingerprint density at radius 2 is 2.27 bits per heavy atom. The molecule has 4 heteroatoms. The van der Waals surface area contributed by atoms with Crippen molar-refractivity contribution in [2.24, 2.45) is 5.73 Å². The lowest BCUT2D eigenvalue weighted by molar-refractivity contribution is 0.0904. The Hall–Kier alpha value is -1.13. The number of rotatable bonds is 3. The van der Waals surface area contributed by atoms with Crippen molar-refractivity contribution < 1.29 is 4.74 Å². The molecule has 82 valence electrons. The highest BCUT2D eigenvalue weighted by atomic mass is 16.5. The van der Waals surface area contributed by atoms with E-state index in [-0.39, 0.29) is 0 Å². The van der Waals surface area contributed by atoms with Crippen molar-refractivity contribution >= 4 is 5.69 Å².